The average molecular weight is 351 g/mol. The molecule has 1 aromatic carbocycles. The summed E-state index contributed by atoms with van der Waals surface area (Å²) in [6, 6.07) is 8.01. The highest BCUT2D eigenvalue weighted by molar-refractivity contribution is 9.10. The molecule has 0 aliphatic carbocycles. The molecule has 0 saturated carbocycles. The Morgan fingerprint density at radius 2 is 1.90 bits per heavy atom. The third-order valence-electron chi connectivity index (χ3n) is 3.46. The van der Waals surface area contributed by atoms with Gasteiger partial charge in [-0.25, -0.2) is 0 Å². The number of amides is 1. The second-order valence-corrected chi connectivity index (χ2v) is 5.72. The van der Waals surface area contributed by atoms with Crippen molar-refractivity contribution in [1.82, 2.24) is 15.1 Å². The van der Waals surface area contributed by atoms with Crippen molar-refractivity contribution in [3.05, 3.63) is 40.2 Å². The van der Waals surface area contributed by atoms with Gasteiger partial charge < -0.3 is 14.2 Å². The lowest BCUT2D eigenvalue weighted by Gasteiger charge is -2.33. The minimum Gasteiger partial charge on any atom is -0.408 e. The van der Waals surface area contributed by atoms with E-state index in [2.05, 4.69) is 26.1 Å². The van der Waals surface area contributed by atoms with Crippen LogP contribution in [-0.2, 0) is 0 Å². The Morgan fingerprint density at radius 1 is 1.19 bits per heavy atom. The molecular formula is C14H15BrN4O2. The summed E-state index contributed by atoms with van der Waals surface area (Å²) in [6.45, 7) is 4.43. The number of halogens is 1. The summed E-state index contributed by atoms with van der Waals surface area (Å²) in [5.74, 6) is 0.598. The summed E-state index contributed by atoms with van der Waals surface area (Å²) in [4.78, 5) is 16.3. The van der Waals surface area contributed by atoms with E-state index >= 15 is 0 Å². The van der Waals surface area contributed by atoms with E-state index in [1.807, 2.05) is 34.1 Å². The van der Waals surface area contributed by atoms with E-state index in [4.69, 9.17) is 4.42 Å². The van der Waals surface area contributed by atoms with Gasteiger partial charge in [0, 0.05) is 37.6 Å². The van der Waals surface area contributed by atoms with Gasteiger partial charge in [-0.05, 0) is 28.1 Å². The number of hydrogen-bond acceptors (Lipinski definition) is 5. The Bertz CT molecular complexity index is 650. The van der Waals surface area contributed by atoms with Crippen molar-refractivity contribution >= 4 is 27.9 Å². The van der Waals surface area contributed by atoms with Crippen LogP contribution < -0.4 is 4.90 Å². The first kappa shape index (κ1) is 14.1. The van der Waals surface area contributed by atoms with Gasteiger partial charge in [-0.3, -0.25) is 4.79 Å². The molecule has 0 unspecified atom stereocenters. The summed E-state index contributed by atoms with van der Waals surface area (Å²) in [5, 5.41) is 7.84. The zero-order chi connectivity index (χ0) is 14.8. The van der Waals surface area contributed by atoms with E-state index in [-0.39, 0.29) is 5.91 Å². The van der Waals surface area contributed by atoms with Gasteiger partial charge in [-0.15, -0.1) is 5.10 Å². The van der Waals surface area contributed by atoms with Crippen LogP contribution in [0, 0.1) is 6.92 Å². The SMILES string of the molecule is Cc1nnc(N2CCN(C(=O)c3ccccc3Br)CC2)o1. The molecule has 21 heavy (non-hydrogen) atoms. The van der Waals surface area contributed by atoms with E-state index in [0.717, 1.165) is 4.47 Å². The zero-order valence-corrected chi connectivity index (χ0v) is 13.2. The number of hydrogen-bond donors (Lipinski definition) is 0. The van der Waals surface area contributed by atoms with E-state index in [1.54, 1.807) is 6.92 Å². The van der Waals surface area contributed by atoms with Gasteiger partial charge >= 0.3 is 6.01 Å². The average Bonchev–Trinajstić information content (AvgIpc) is 2.94. The molecule has 1 saturated heterocycles. The fourth-order valence-electron chi connectivity index (χ4n) is 2.32. The summed E-state index contributed by atoms with van der Waals surface area (Å²) in [5.41, 5.74) is 0.694. The highest BCUT2D eigenvalue weighted by Crippen LogP contribution is 2.20. The summed E-state index contributed by atoms with van der Waals surface area (Å²) >= 11 is 3.42. The quantitative estimate of drug-likeness (QED) is 0.829. The molecule has 6 nitrogen and oxygen atoms in total. The first-order valence-electron chi connectivity index (χ1n) is 6.74. The van der Waals surface area contributed by atoms with Gasteiger partial charge in [0.2, 0.25) is 5.89 Å². The molecule has 7 heteroatoms. The minimum absolute atomic E-state index is 0.0452. The Morgan fingerprint density at radius 3 is 2.52 bits per heavy atom. The molecule has 3 rings (SSSR count). The van der Waals surface area contributed by atoms with Crippen LogP contribution in [0.4, 0.5) is 6.01 Å². The van der Waals surface area contributed by atoms with Crippen LogP contribution in [0.2, 0.25) is 0 Å². The van der Waals surface area contributed by atoms with Gasteiger partial charge in [-0.2, -0.15) is 0 Å². The molecule has 0 radical (unpaired) electrons. The van der Waals surface area contributed by atoms with Crippen molar-refractivity contribution in [3.8, 4) is 0 Å². The maximum atomic E-state index is 12.5. The van der Waals surface area contributed by atoms with Gasteiger partial charge in [0.15, 0.2) is 0 Å². The third-order valence-corrected chi connectivity index (χ3v) is 4.15. The highest BCUT2D eigenvalue weighted by atomic mass is 79.9. The van der Waals surface area contributed by atoms with E-state index in [1.165, 1.54) is 0 Å². The molecule has 0 N–H and O–H groups in total. The molecule has 1 aliphatic heterocycles. The zero-order valence-electron chi connectivity index (χ0n) is 11.6. The lowest BCUT2D eigenvalue weighted by molar-refractivity contribution is 0.0744. The largest absolute Gasteiger partial charge is 0.408 e. The predicted octanol–water partition coefficient (Wildman–Crippen LogP) is 2.10. The van der Waals surface area contributed by atoms with Crippen molar-refractivity contribution < 1.29 is 9.21 Å². The summed E-state index contributed by atoms with van der Waals surface area (Å²) < 4.78 is 6.24. The fourth-order valence-corrected chi connectivity index (χ4v) is 2.77. The Kier molecular flexibility index (Phi) is 3.92. The van der Waals surface area contributed by atoms with Crippen LogP contribution in [0.3, 0.4) is 0 Å². The smallest absolute Gasteiger partial charge is 0.318 e. The van der Waals surface area contributed by atoms with Gasteiger partial charge in [0.25, 0.3) is 5.91 Å². The lowest BCUT2D eigenvalue weighted by atomic mass is 10.2. The van der Waals surface area contributed by atoms with Gasteiger partial charge in [0.05, 0.1) is 5.56 Å². The standard InChI is InChI=1S/C14H15BrN4O2/c1-10-16-17-14(21-10)19-8-6-18(7-9-19)13(20)11-4-2-3-5-12(11)15/h2-5H,6-9H2,1H3. The number of carbonyl (C=O) groups is 1. The van der Waals surface area contributed by atoms with Crippen molar-refractivity contribution in [3.63, 3.8) is 0 Å². The Balaban J connectivity index is 1.66. The topological polar surface area (TPSA) is 62.5 Å². The normalized spacial score (nSPS) is 15.3. The second kappa shape index (κ2) is 5.85. The van der Waals surface area contributed by atoms with Crippen LogP contribution >= 0.6 is 15.9 Å². The van der Waals surface area contributed by atoms with Crippen molar-refractivity contribution in [2.75, 3.05) is 31.1 Å². The van der Waals surface area contributed by atoms with Crippen LogP contribution in [-0.4, -0.2) is 47.2 Å². The van der Waals surface area contributed by atoms with E-state index in [9.17, 15) is 4.79 Å². The van der Waals surface area contributed by atoms with Crippen LogP contribution in [0.5, 0.6) is 0 Å². The molecule has 1 aromatic heterocycles. The molecule has 1 amide bonds. The maximum Gasteiger partial charge on any atom is 0.318 e. The van der Waals surface area contributed by atoms with E-state index in [0.29, 0.717) is 43.6 Å². The number of aromatic nitrogens is 2. The molecule has 2 aromatic rings. The van der Waals surface area contributed by atoms with Crippen molar-refractivity contribution in [2.45, 2.75) is 6.92 Å². The summed E-state index contributed by atoms with van der Waals surface area (Å²) in [7, 11) is 0. The van der Waals surface area contributed by atoms with Crippen LogP contribution in [0.15, 0.2) is 33.2 Å². The molecule has 2 heterocycles. The molecular weight excluding hydrogens is 336 g/mol. The first-order valence-corrected chi connectivity index (χ1v) is 7.53. The molecule has 0 atom stereocenters. The number of anilines is 1. The molecule has 110 valence electrons. The number of piperazine rings is 1. The van der Waals surface area contributed by atoms with Crippen LogP contribution in [0.25, 0.3) is 0 Å². The Labute approximate surface area is 130 Å². The monoisotopic (exact) mass is 350 g/mol. The van der Waals surface area contributed by atoms with E-state index < -0.39 is 0 Å². The first-order chi connectivity index (χ1) is 10.1. The third kappa shape index (κ3) is 2.92. The molecule has 0 spiro atoms. The fraction of sp³-hybridized carbons (Fsp3) is 0.357. The minimum atomic E-state index is 0.0452. The molecule has 1 fully saturated rings. The second-order valence-electron chi connectivity index (χ2n) is 4.86. The van der Waals surface area contributed by atoms with Gasteiger partial charge in [-0.1, -0.05) is 17.2 Å². The molecule has 1 aliphatic rings. The van der Waals surface area contributed by atoms with Crippen molar-refractivity contribution in [1.29, 1.82) is 0 Å². The highest BCUT2D eigenvalue weighted by Gasteiger charge is 2.25. The van der Waals surface area contributed by atoms with Crippen molar-refractivity contribution in [2.24, 2.45) is 0 Å². The summed E-state index contributed by atoms with van der Waals surface area (Å²) in [6.07, 6.45) is 0. The molecule has 0 bridgehead atoms. The number of rotatable bonds is 2. The number of benzene rings is 1. The lowest BCUT2D eigenvalue weighted by Crippen LogP contribution is -2.49. The predicted molar refractivity (Wildman–Crippen MR) is 81.3 cm³/mol. The number of carbonyl (C=O) groups excluding carboxylic acids is 1. The number of aryl methyl sites for hydroxylation is 1. The Hall–Kier alpha value is -1.89. The van der Waals surface area contributed by atoms with Crippen LogP contribution in [0.1, 0.15) is 16.2 Å². The number of nitrogens with zero attached hydrogens (tertiary/aromatic N) is 4. The van der Waals surface area contributed by atoms with Gasteiger partial charge in [0.1, 0.15) is 0 Å². The maximum absolute atomic E-state index is 12.5.